The van der Waals surface area contributed by atoms with Crippen LogP contribution in [0.1, 0.15) is 36.8 Å². The lowest BCUT2D eigenvalue weighted by Gasteiger charge is -2.00. The van der Waals surface area contributed by atoms with E-state index < -0.39 is 0 Å². The molecule has 0 spiro atoms. The largest absolute Gasteiger partial charge is 0.330 e. The first-order valence-corrected chi connectivity index (χ1v) is 6.62. The zero-order valence-corrected chi connectivity index (χ0v) is 10.7. The van der Waals surface area contributed by atoms with Crippen LogP contribution in [0, 0.1) is 0 Å². The molecular formula is C13H18N2S. The van der Waals surface area contributed by atoms with E-state index in [4.69, 9.17) is 10.7 Å². The molecule has 0 amide bonds. The number of rotatable bonds is 4. The number of aryl methyl sites for hydroxylation is 1. The van der Waals surface area contributed by atoms with Gasteiger partial charge in [-0.15, -0.1) is 11.3 Å². The second-order valence-corrected chi connectivity index (χ2v) is 5.43. The van der Waals surface area contributed by atoms with E-state index in [2.05, 4.69) is 32.0 Å². The molecule has 2 aromatic rings. The smallest absolute Gasteiger partial charge is 0.0964 e. The van der Waals surface area contributed by atoms with Gasteiger partial charge in [0.2, 0.25) is 0 Å². The third-order valence-corrected chi connectivity index (χ3v) is 3.98. The van der Waals surface area contributed by atoms with Gasteiger partial charge in [-0.2, -0.15) is 0 Å². The van der Waals surface area contributed by atoms with Gasteiger partial charge in [0.15, 0.2) is 0 Å². The van der Waals surface area contributed by atoms with Crippen LogP contribution in [0.3, 0.4) is 0 Å². The number of aromatic nitrogens is 1. The third kappa shape index (κ3) is 2.25. The van der Waals surface area contributed by atoms with Gasteiger partial charge in [0, 0.05) is 5.92 Å². The van der Waals surface area contributed by atoms with E-state index in [0.29, 0.717) is 5.92 Å². The van der Waals surface area contributed by atoms with Crippen LogP contribution in [0.5, 0.6) is 0 Å². The summed E-state index contributed by atoms with van der Waals surface area (Å²) in [6, 6.07) is 6.45. The summed E-state index contributed by atoms with van der Waals surface area (Å²) in [6.45, 7) is 5.13. The summed E-state index contributed by atoms with van der Waals surface area (Å²) < 4.78 is 1.30. The maximum atomic E-state index is 5.56. The van der Waals surface area contributed by atoms with Gasteiger partial charge in [-0.3, -0.25) is 0 Å². The van der Waals surface area contributed by atoms with E-state index in [1.165, 1.54) is 20.8 Å². The summed E-state index contributed by atoms with van der Waals surface area (Å²) in [6.07, 6.45) is 2.07. The monoisotopic (exact) mass is 234 g/mol. The minimum atomic E-state index is 0.514. The molecule has 0 aliphatic rings. The molecule has 16 heavy (non-hydrogen) atoms. The van der Waals surface area contributed by atoms with Gasteiger partial charge in [0.1, 0.15) is 0 Å². The van der Waals surface area contributed by atoms with Crippen molar-refractivity contribution in [3.8, 4) is 0 Å². The Hall–Kier alpha value is -0.930. The molecular weight excluding hydrogens is 216 g/mol. The van der Waals surface area contributed by atoms with Crippen molar-refractivity contribution in [2.75, 3.05) is 6.54 Å². The van der Waals surface area contributed by atoms with E-state index in [-0.39, 0.29) is 0 Å². The lowest BCUT2D eigenvalue weighted by Crippen LogP contribution is -2.00. The summed E-state index contributed by atoms with van der Waals surface area (Å²) in [5.74, 6) is 0.514. The fourth-order valence-electron chi connectivity index (χ4n) is 1.76. The van der Waals surface area contributed by atoms with E-state index in [1.807, 2.05) is 11.3 Å². The topological polar surface area (TPSA) is 38.9 Å². The summed E-state index contributed by atoms with van der Waals surface area (Å²) in [5.41, 5.74) is 8.08. The van der Waals surface area contributed by atoms with E-state index in [9.17, 15) is 0 Å². The highest BCUT2D eigenvalue weighted by Crippen LogP contribution is 2.29. The van der Waals surface area contributed by atoms with Crippen molar-refractivity contribution in [1.82, 2.24) is 4.98 Å². The van der Waals surface area contributed by atoms with Gasteiger partial charge in [0.05, 0.1) is 15.2 Å². The highest BCUT2D eigenvalue weighted by molar-refractivity contribution is 7.18. The Labute approximate surface area is 101 Å². The van der Waals surface area contributed by atoms with E-state index in [1.54, 1.807) is 0 Å². The number of hydrogen-bond donors (Lipinski definition) is 1. The minimum absolute atomic E-state index is 0.514. The molecule has 0 unspecified atom stereocenters. The first-order valence-electron chi connectivity index (χ1n) is 5.80. The highest BCUT2D eigenvalue weighted by Gasteiger charge is 2.09. The van der Waals surface area contributed by atoms with Crippen molar-refractivity contribution in [1.29, 1.82) is 0 Å². The van der Waals surface area contributed by atoms with Crippen molar-refractivity contribution in [2.45, 2.75) is 32.6 Å². The summed E-state index contributed by atoms with van der Waals surface area (Å²) in [5, 5.41) is 1.23. The molecule has 0 aliphatic heterocycles. The Bertz CT molecular complexity index is 474. The first kappa shape index (κ1) is 11.6. The predicted molar refractivity (Wildman–Crippen MR) is 71.1 cm³/mol. The molecule has 2 N–H and O–H groups in total. The number of fused-ring (bicyclic) bond motifs is 1. The molecule has 2 rings (SSSR count). The molecule has 0 fully saturated rings. The van der Waals surface area contributed by atoms with Crippen LogP contribution in [-0.4, -0.2) is 11.5 Å². The molecule has 86 valence electrons. The van der Waals surface area contributed by atoms with Crippen molar-refractivity contribution in [3.63, 3.8) is 0 Å². The molecule has 0 radical (unpaired) electrons. The Balaban J connectivity index is 2.41. The van der Waals surface area contributed by atoms with Crippen LogP contribution in [0.4, 0.5) is 0 Å². The summed E-state index contributed by atoms with van der Waals surface area (Å²) in [4.78, 5) is 4.74. The minimum Gasteiger partial charge on any atom is -0.330 e. The fourth-order valence-corrected chi connectivity index (χ4v) is 2.78. The number of benzene rings is 1. The maximum Gasteiger partial charge on any atom is 0.0964 e. The Morgan fingerprint density at radius 3 is 2.88 bits per heavy atom. The average Bonchev–Trinajstić information content (AvgIpc) is 2.70. The Kier molecular flexibility index (Phi) is 3.56. The zero-order valence-electron chi connectivity index (χ0n) is 9.86. The molecule has 3 heteroatoms. The quantitative estimate of drug-likeness (QED) is 0.881. The number of hydrogen-bond acceptors (Lipinski definition) is 3. The third-order valence-electron chi connectivity index (χ3n) is 2.66. The highest BCUT2D eigenvalue weighted by atomic mass is 32.1. The van der Waals surface area contributed by atoms with Crippen LogP contribution in [-0.2, 0) is 6.42 Å². The standard InChI is InChI=1S/C13H18N2S/c1-9(2)13-15-12-10(6-4-8-14)5-3-7-11(12)16-13/h3,5,7,9H,4,6,8,14H2,1-2H3. The number of nitrogens with two attached hydrogens (primary N) is 1. The fraction of sp³-hybridized carbons (Fsp3) is 0.462. The van der Waals surface area contributed by atoms with Crippen LogP contribution in [0.25, 0.3) is 10.2 Å². The lowest BCUT2D eigenvalue weighted by atomic mass is 10.1. The number of nitrogens with zero attached hydrogens (tertiary/aromatic N) is 1. The lowest BCUT2D eigenvalue weighted by molar-refractivity contribution is 0.831. The van der Waals surface area contributed by atoms with Crippen LogP contribution < -0.4 is 5.73 Å². The van der Waals surface area contributed by atoms with Crippen molar-refractivity contribution in [2.24, 2.45) is 5.73 Å². The Morgan fingerprint density at radius 2 is 2.19 bits per heavy atom. The van der Waals surface area contributed by atoms with E-state index >= 15 is 0 Å². The van der Waals surface area contributed by atoms with E-state index in [0.717, 1.165) is 19.4 Å². The van der Waals surface area contributed by atoms with Gasteiger partial charge in [-0.1, -0.05) is 26.0 Å². The predicted octanol–water partition coefficient (Wildman–Crippen LogP) is 3.31. The second kappa shape index (κ2) is 4.93. The molecule has 1 heterocycles. The normalized spacial score (nSPS) is 11.5. The van der Waals surface area contributed by atoms with Crippen LogP contribution >= 0.6 is 11.3 Å². The van der Waals surface area contributed by atoms with Gasteiger partial charge < -0.3 is 5.73 Å². The second-order valence-electron chi connectivity index (χ2n) is 4.36. The molecule has 0 aliphatic carbocycles. The summed E-state index contributed by atoms with van der Waals surface area (Å²) >= 11 is 1.81. The van der Waals surface area contributed by atoms with Crippen molar-refractivity contribution < 1.29 is 0 Å². The van der Waals surface area contributed by atoms with Gasteiger partial charge in [-0.25, -0.2) is 4.98 Å². The molecule has 0 saturated heterocycles. The zero-order chi connectivity index (χ0) is 11.5. The average molecular weight is 234 g/mol. The SMILES string of the molecule is CC(C)c1nc2c(CCCN)cccc2s1. The van der Waals surface area contributed by atoms with Gasteiger partial charge in [0.25, 0.3) is 0 Å². The summed E-state index contributed by atoms with van der Waals surface area (Å²) in [7, 11) is 0. The van der Waals surface area contributed by atoms with Gasteiger partial charge in [-0.05, 0) is 31.0 Å². The molecule has 1 aromatic heterocycles. The van der Waals surface area contributed by atoms with Crippen molar-refractivity contribution >= 4 is 21.6 Å². The first-order chi connectivity index (χ1) is 7.72. The maximum absolute atomic E-state index is 5.56. The number of para-hydroxylation sites is 1. The Morgan fingerprint density at radius 1 is 1.38 bits per heavy atom. The van der Waals surface area contributed by atoms with Crippen molar-refractivity contribution in [3.05, 3.63) is 28.8 Å². The molecule has 0 atom stereocenters. The number of thiazole rings is 1. The molecule has 2 nitrogen and oxygen atoms in total. The van der Waals surface area contributed by atoms with Crippen LogP contribution in [0.2, 0.25) is 0 Å². The van der Waals surface area contributed by atoms with Gasteiger partial charge >= 0.3 is 0 Å². The molecule has 0 bridgehead atoms. The molecule has 1 aromatic carbocycles. The molecule has 0 saturated carbocycles. The van der Waals surface area contributed by atoms with Crippen LogP contribution in [0.15, 0.2) is 18.2 Å².